The highest BCUT2D eigenvalue weighted by Crippen LogP contribution is 2.36. The number of rotatable bonds is 4. The van der Waals surface area contributed by atoms with E-state index >= 15 is 0 Å². The van der Waals surface area contributed by atoms with Crippen LogP contribution in [0.15, 0.2) is 48.9 Å². The van der Waals surface area contributed by atoms with E-state index in [0.717, 1.165) is 41.8 Å². The molecule has 0 saturated carbocycles. The van der Waals surface area contributed by atoms with E-state index in [1.165, 1.54) is 12.0 Å². The fourth-order valence-corrected chi connectivity index (χ4v) is 3.41. The molecule has 126 valence electrons. The fourth-order valence-electron chi connectivity index (χ4n) is 3.20. The molecular formula is C20H18ClN3O. The number of fused-ring (bicyclic) bond motifs is 1. The lowest BCUT2D eigenvalue weighted by Gasteiger charge is -2.20. The van der Waals surface area contributed by atoms with Gasteiger partial charge in [-0.3, -0.25) is 9.97 Å². The predicted octanol–water partition coefficient (Wildman–Crippen LogP) is 4.65. The Kier molecular flexibility index (Phi) is 4.61. The van der Waals surface area contributed by atoms with Gasteiger partial charge in [0, 0.05) is 35.9 Å². The van der Waals surface area contributed by atoms with Crippen LogP contribution >= 0.6 is 11.6 Å². The Balaban J connectivity index is 1.71. The minimum Gasteiger partial charge on any atom is -0.471 e. The van der Waals surface area contributed by atoms with Gasteiger partial charge in [-0.2, -0.15) is 0 Å². The molecule has 0 bridgehead atoms. The quantitative estimate of drug-likeness (QED) is 0.686. The van der Waals surface area contributed by atoms with Crippen LogP contribution in [0.3, 0.4) is 0 Å². The molecule has 0 aliphatic heterocycles. The van der Waals surface area contributed by atoms with Gasteiger partial charge in [0.2, 0.25) is 5.88 Å². The minimum absolute atomic E-state index is 0.396. The third-order valence-corrected chi connectivity index (χ3v) is 4.76. The Labute approximate surface area is 151 Å². The first-order chi connectivity index (χ1) is 12.3. The number of nitrogens with zero attached hydrogens (tertiary/aromatic N) is 3. The standard InChI is InChI=1S/C20H18ClN3O/c21-18-8-10-22-12-17(18)16-11-20(24-19-7-2-1-6-15(16)19)25-13-14-5-3-4-9-23-14/h3-5,8-12H,1-2,6-7,13H2. The largest absolute Gasteiger partial charge is 0.471 e. The smallest absolute Gasteiger partial charge is 0.214 e. The molecule has 1 aliphatic rings. The Morgan fingerprint density at radius 2 is 1.96 bits per heavy atom. The van der Waals surface area contributed by atoms with Gasteiger partial charge in [0.05, 0.1) is 10.7 Å². The second-order valence-electron chi connectivity index (χ2n) is 6.11. The maximum atomic E-state index is 6.42. The van der Waals surface area contributed by atoms with E-state index in [0.29, 0.717) is 17.5 Å². The lowest BCUT2D eigenvalue weighted by Crippen LogP contribution is -2.09. The number of halogens is 1. The van der Waals surface area contributed by atoms with Gasteiger partial charge < -0.3 is 4.74 Å². The number of hydrogen-bond donors (Lipinski definition) is 0. The van der Waals surface area contributed by atoms with Crippen molar-refractivity contribution >= 4 is 11.6 Å². The van der Waals surface area contributed by atoms with Gasteiger partial charge in [0.15, 0.2) is 0 Å². The van der Waals surface area contributed by atoms with Crippen LogP contribution in [-0.4, -0.2) is 15.0 Å². The van der Waals surface area contributed by atoms with E-state index in [1.54, 1.807) is 12.4 Å². The normalized spacial score (nSPS) is 13.3. The van der Waals surface area contributed by atoms with Crippen molar-refractivity contribution in [2.45, 2.75) is 32.3 Å². The van der Waals surface area contributed by atoms with Gasteiger partial charge >= 0.3 is 0 Å². The van der Waals surface area contributed by atoms with Gasteiger partial charge in [-0.1, -0.05) is 17.7 Å². The van der Waals surface area contributed by atoms with Gasteiger partial charge in [-0.05, 0) is 55.0 Å². The lowest BCUT2D eigenvalue weighted by molar-refractivity contribution is 0.288. The second kappa shape index (κ2) is 7.19. The van der Waals surface area contributed by atoms with Gasteiger partial charge in [-0.25, -0.2) is 4.98 Å². The van der Waals surface area contributed by atoms with Crippen molar-refractivity contribution in [3.63, 3.8) is 0 Å². The molecule has 0 aromatic carbocycles. The molecule has 0 saturated heterocycles. The molecule has 4 nitrogen and oxygen atoms in total. The van der Waals surface area contributed by atoms with Crippen molar-refractivity contribution in [2.24, 2.45) is 0 Å². The molecule has 0 amide bonds. The topological polar surface area (TPSA) is 47.9 Å². The van der Waals surface area contributed by atoms with E-state index < -0.39 is 0 Å². The average Bonchev–Trinajstić information content (AvgIpc) is 2.67. The summed E-state index contributed by atoms with van der Waals surface area (Å²) in [4.78, 5) is 13.3. The van der Waals surface area contributed by atoms with Crippen LogP contribution < -0.4 is 4.74 Å². The summed E-state index contributed by atoms with van der Waals surface area (Å²) in [5, 5.41) is 0.699. The molecule has 0 N–H and O–H groups in total. The molecule has 0 atom stereocenters. The number of ether oxygens (including phenoxy) is 1. The minimum atomic E-state index is 0.396. The lowest BCUT2D eigenvalue weighted by atomic mass is 9.90. The van der Waals surface area contributed by atoms with Crippen LogP contribution in [0.4, 0.5) is 0 Å². The Hall–Kier alpha value is -2.46. The molecule has 4 rings (SSSR count). The first kappa shape index (κ1) is 16.0. The van der Waals surface area contributed by atoms with Gasteiger partial charge in [0.25, 0.3) is 0 Å². The van der Waals surface area contributed by atoms with Crippen LogP contribution in [0.5, 0.6) is 5.88 Å². The number of hydrogen-bond acceptors (Lipinski definition) is 4. The monoisotopic (exact) mass is 351 g/mol. The van der Waals surface area contributed by atoms with Crippen LogP contribution in [0.1, 0.15) is 29.8 Å². The highest BCUT2D eigenvalue weighted by atomic mass is 35.5. The van der Waals surface area contributed by atoms with Crippen molar-refractivity contribution < 1.29 is 4.74 Å². The number of aromatic nitrogens is 3. The van der Waals surface area contributed by atoms with Crippen LogP contribution in [-0.2, 0) is 19.4 Å². The third kappa shape index (κ3) is 3.49. The van der Waals surface area contributed by atoms with Crippen molar-refractivity contribution in [1.82, 2.24) is 15.0 Å². The summed E-state index contributed by atoms with van der Waals surface area (Å²) in [5.74, 6) is 0.612. The Morgan fingerprint density at radius 3 is 2.80 bits per heavy atom. The van der Waals surface area contributed by atoms with Crippen molar-refractivity contribution in [1.29, 1.82) is 0 Å². The molecule has 3 aromatic heterocycles. The van der Waals surface area contributed by atoms with Crippen LogP contribution in [0.2, 0.25) is 5.02 Å². The molecule has 0 fully saturated rings. The third-order valence-electron chi connectivity index (χ3n) is 4.43. The van der Waals surface area contributed by atoms with E-state index in [2.05, 4.69) is 9.97 Å². The summed E-state index contributed by atoms with van der Waals surface area (Å²) in [6.45, 7) is 0.396. The molecule has 5 heteroatoms. The predicted molar refractivity (Wildman–Crippen MR) is 97.7 cm³/mol. The molecule has 3 heterocycles. The molecule has 0 radical (unpaired) electrons. The summed E-state index contributed by atoms with van der Waals surface area (Å²) in [5.41, 5.74) is 5.28. The highest BCUT2D eigenvalue weighted by Gasteiger charge is 2.19. The number of pyridine rings is 3. The van der Waals surface area contributed by atoms with Crippen LogP contribution in [0, 0.1) is 0 Å². The molecule has 1 aliphatic carbocycles. The zero-order valence-corrected chi connectivity index (χ0v) is 14.5. The Morgan fingerprint density at radius 1 is 1.04 bits per heavy atom. The molecule has 0 unspecified atom stereocenters. The summed E-state index contributed by atoms with van der Waals surface area (Å²) >= 11 is 6.42. The van der Waals surface area contributed by atoms with E-state index in [9.17, 15) is 0 Å². The number of aryl methyl sites for hydroxylation is 1. The second-order valence-corrected chi connectivity index (χ2v) is 6.51. The van der Waals surface area contributed by atoms with E-state index in [1.807, 2.05) is 36.5 Å². The fraction of sp³-hybridized carbons (Fsp3) is 0.250. The van der Waals surface area contributed by atoms with Crippen molar-refractivity contribution in [3.05, 3.63) is 70.9 Å². The summed E-state index contributed by atoms with van der Waals surface area (Å²) in [7, 11) is 0. The van der Waals surface area contributed by atoms with Gasteiger partial charge in [0.1, 0.15) is 6.61 Å². The zero-order valence-electron chi connectivity index (χ0n) is 13.8. The Bertz CT molecular complexity index is 883. The molecule has 25 heavy (non-hydrogen) atoms. The maximum absolute atomic E-state index is 6.42. The van der Waals surface area contributed by atoms with Crippen molar-refractivity contribution in [3.8, 4) is 17.0 Å². The zero-order chi connectivity index (χ0) is 17.1. The average molecular weight is 352 g/mol. The van der Waals surface area contributed by atoms with Gasteiger partial charge in [-0.15, -0.1) is 0 Å². The summed E-state index contributed by atoms with van der Waals surface area (Å²) < 4.78 is 5.92. The van der Waals surface area contributed by atoms with E-state index in [-0.39, 0.29) is 0 Å². The molecule has 0 spiro atoms. The summed E-state index contributed by atoms with van der Waals surface area (Å²) in [6.07, 6.45) is 9.61. The molecule has 3 aromatic rings. The highest BCUT2D eigenvalue weighted by molar-refractivity contribution is 6.33. The first-order valence-electron chi connectivity index (χ1n) is 8.46. The van der Waals surface area contributed by atoms with Crippen molar-refractivity contribution in [2.75, 3.05) is 0 Å². The first-order valence-corrected chi connectivity index (χ1v) is 8.84. The molecular weight excluding hydrogens is 334 g/mol. The summed E-state index contributed by atoms with van der Waals surface area (Å²) in [6, 6.07) is 9.59. The van der Waals surface area contributed by atoms with E-state index in [4.69, 9.17) is 21.3 Å². The van der Waals surface area contributed by atoms with Crippen LogP contribution in [0.25, 0.3) is 11.1 Å². The maximum Gasteiger partial charge on any atom is 0.214 e. The SMILES string of the molecule is Clc1ccncc1-c1cc(OCc2ccccn2)nc2c1CCCC2.